The van der Waals surface area contributed by atoms with E-state index in [9.17, 15) is 19.8 Å². The number of carbonyl (C=O) groups excluding carboxylic acids is 1. The second kappa shape index (κ2) is 11.2. The maximum Gasteiger partial charge on any atom is 0.311 e. The number of amides is 1. The van der Waals surface area contributed by atoms with Crippen molar-refractivity contribution in [3.8, 4) is 17.0 Å². The average molecular weight is 486 g/mol. The number of hydrogen-bond acceptors (Lipinski definition) is 5. The average Bonchev–Trinajstić information content (AvgIpc) is 3.28. The number of nitrogens with zero attached hydrogens (tertiary/aromatic N) is 1. The number of aliphatic hydroxyl groups is 1. The molecule has 2 atom stereocenters. The van der Waals surface area contributed by atoms with Crippen molar-refractivity contribution in [2.24, 2.45) is 5.41 Å². The van der Waals surface area contributed by atoms with Gasteiger partial charge in [-0.1, -0.05) is 48.0 Å². The molecule has 8 nitrogen and oxygen atoms in total. The minimum Gasteiger partial charge on any atom is -0.481 e. The van der Waals surface area contributed by atoms with Crippen molar-refractivity contribution in [1.82, 2.24) is 15.5 Å². The van der Waals surface area contributed by atoms with Gasteiger partial charge in [-0.25, -0.2) is 5.10 Å². The Bertz CT molecular complexity index is 1130. The fraction of sp³-hybridized carbons (Fsp3) is 0.320. The predicted molar refractivity (Wildman–Crippen MR) is 129 cm³/mol. The molecule has 9 heteroatoms. The molecule has 0 aliphatic heterocycles. The van der Waals surface area contributed by atoms with Gasteiger partial charge in [-0.3, -0.25) is 9.59 Å². The van der Waals surface area contributed by atoms with Crippen LogP contribution in [0.3, 0.4) is 0 Å². The standard InChI is InChI=1S/C25H28ClN3O5/c1-3-34-22-13-21(28-29-22)23(31)27-20(14-25(2,15-30)24(32)33)11-16-7-9-17(10-8-16)18-5-4-6-19(26)12-18/h4-10,12-13,20,30H,3,11,14-15H2,1-2H3,(H,27,31)(H,28,29)(H,32,33). The maximum absolute atomic E-state index is 12.8. The van der Waals surface area contributed by atoms with Crippen molar-refractivity contribution >= 4 is 23.5 Å². The summed E-state index contributed by atoms with van der Waals surface area (Å²) in [5.41, 5.74) is 1.58. The number of benzene rings is 2. The van der Waals surface area contributed by atoms with Crippen LogP contribution in [-0.2, 0) is 11.2 Å². The zero-order valence-electron chi connectivity index (χ0n) is 19.0. The fourth-order valence-electron chi connectivity index (χ4n) is 3.63. The van der Waals surface area contributed by atoms with Crippen molar-refractivity contribution in [3.05, 3.63) is 70.9 Å². The molecule has 1 aromatic heterocycles. The molecule has 180 valence electrons. The topological polar surface area (TPSA) is 125 Å². The van der Waals surface area contributed by atoms with Gasteiger partial charge in [-0.15, -0.1) is 0 Å². The van der Waals surface area contributed by atoms with Crippen LogP contribution in [0.2, 0.25) is 5.02 Å². The van der Waals surface area contributed by atoms with Gasteiger partial charge in [0.25, 0.3) is 5.91 Å². The third kappa shape index (κ3) is 6.36. The molecule has 0 saturated carbocycles. The summed E-state index contributed by atoms with van der Waals surface area (Å²) in [6.45, 7) is 3.14. The van der Waals surface area contributed by atoms with Crippen LogP contribution in [0.5, 0.6) is 5.88 Å². The van der Waals surface area contributed by atoms with Gasteiger partial charge in [0.1, 0.15) is 0 Å². The summed E-state index contributed by atoms with van der Waals surface area (Å²) in [6.07, 6.45) is 0.399. The summed E-state index contributed by atoms with van der Waals surface area (Å²) in [5.74, 6) is -1.23. The number of rotatable bonds is 11. The third-order valence-electron chi connectivity index (χ3n) is 5.58. The zero-order valence-corrected chi connectivity index (χ0v) is 19.8. The molecule has 0 fully saturated rings. The Morgan fingerprint density at radius 3 is 2.53 bits per heavy atom. The predicted octanol–water partition coefficient (Wildman–Crippen LogP) is 3.94. The van der Waals surface area contributed by atoms with Gasteiger partial charge in [-0.05, 0) is 55.5 Å². The SMILES string of the molecule is CCOc1cc(C(=O)NC(Cc2ccc(-c3cccc(Cl)c3)cc2)CC(C)(CO)C(=O)O)n[nH]1. The quantitative estimate of drug-likeness (QED) is 0.326. The fourth-order valence-corrected chi connectivity index (χ4v) is 3.82. The molecule has 0 spiro atoms. The van der Waals surface area contributed by atoms with Crippen LogP contribution in [0.1, 0.15) is 36.3 Å². The molecule has 0 saturated heterocycles. The molecule has 3 rings (SSSR count). The molecule has 4 N–H and O–H groups in total. The summed E-state index contributed by atoms with van der Waals surface area (Å²) < 4.78 is 5.30. The largest absolute Gasteiger partial charge is 0.481 e. The molecule has 1 heterocycles. The van der Waals surface area contributed by atoms with Crippen molar-refractivity contribution in [1.29, 1.82) is 0 Å². The number of aromatic nitrogens is 2. The number of carboxylic acid groups (broad SMARTS) is 1. The first kappa shape index (κ1) is 25.3. The number of hydrogen-bond donors (Lipinski definition) is 4. The van der Waals surface area contributed by atoms with Crippen LogP contribution in [-0.4, -0.2) is 51.5 Å². The summed E-state index contributed by atoms with van der Waals surface area (Å²) >= 11 is 6.09. The van der Waals surface area contributed by atoms with Crippen LogP contribution in [0, 0.1) is 5.41 Å². The summed E-state index contributed by atoms with van der Waals surface area (Å²) in [5, 5.41) is 29.5. The van der Waals surface area contributed by atoms with Gasteiger partial charge in [0.05, 0.1) is 18.6 Å². The number of halogens is 1. The number of H-pyrrole nitrogens is 1. The molecule has 1 amide bonds. The molecule has 0 aliphatic rings. The van der Waals surface area contributed by atoms with Crippen LogP contribution >= 0.6 is 11.6 Å². The summed E-state index contributed by atoms with van der Waals surface area (Å²) in [7, 11) is 0. The Balaban J connectivity index is 1.80. The van der Waals surface area contributed by atoms with Gasteiger partial charge in [0.2, 0.25) is 5.88 Å². The summed E-state index contributed by atoms with van der Waals surface area (Å²) in [4.78, 5) is 24.6. The number of nitrogens with one attached hydrogen (secondary N) is 2. The second-order valence-corrected chi connectivity index (χ2v) is 8.80. The number of carboxylic acids is 1. The van der Waals surface area contributed by atoms with Crippen molar-refractivity contribution in [3.63, 3.8) is 0 Å². The highest BCUT2D eigenvalue weighted by atomic mass is 35.5. The van der Waals surface area contributed by atoms with Crippen LogP contribution in [0.15, 0.2) is 54.6 Å². The molecule has 34 heavy (non-hydrogen) atoms. The van der Waals surface area contributed by atoms with E-state index < -0.39 is 29.9 Å². The van der Waals surface area contributed by atoms with Crippen LogP contribution in [0.4, 0.5) is 0 Å². The lowest BCUT2D eigenvalue weighted by Crippen LogP contribution is -2.44. The smallest absolute Gasteiger partial charge is 0.311 e. The molecule has 2 aromatic carbocycles. The third-order valence-corrected chi connectivity index (χ3v) is 5.81. The van der Waals surface area contributed by atoms with E-state index in [0.29, 0.717) is 23.9 Å². The highest BCUT2D eigenvalue weighted by Crippen LogP contribution is 2.27. The minimum absolute atomic E-state index is 0.0311. The molecule has 0 radical (unpaired) electrons. The maximum atomic E-state index is 12.8. The molecular formula is C25H28ClN3O5. The van der Waals surface area contributed by atoms with E-state index in [2.05, 4.69) is 15.5 Å². The van der Waals surface area contributed by atoms with E-state index in [-0.39, 0.29) is 12.1 Å². The van der Waals surface area contributed by atoms with Crippen LogP contribution < -0.4 is 10.1 Å². The van der Waals surface area contributed by atoms with Crippen LogP contribution in [0.25, 0.3) is 11.1 Å². The van der Waals surface area contributed by atoms with Gasteiger partial charge < -0.3 is 20.3 Å². The molecule has 0 bridgehead atoms. The Hall–Kier alpha value is -3.36. The Kier molecular flexibility index (Phi) is 8.31. The molecular weight excluding hydrogens is 458 g/mol. The van der Waals surface area contributed by atoms with Gasteiger partial charge >= 0.3 is 5.97 Å². The van der Waals surface area contributed by atoms with E-state index in [1.54, 1.807) is 0 Å². The first-order valence-corrected chi connectivity index (χ1v) is 11.3. The van der Waals surface area contributed by atoms with Crippen molar-refractivity contribution < 1.29 is 24.5 Å². The lowest BCUT2D eigenvalue weighted by molar-refractivity contribution is -0.151. The molecule has 3 aromatic rings. The first-order valence-electron chi connectivity index (χ1n) is 10.9. The van der Waals surface area contributed by atoms with E-state index >= 15 is 0 Å². The highest BCUT2D eigenvalue weighted by molar-refractivity contribution is 6.30. The van der Waals surface area contributed by atoms with Gasteiger partial charge in [0, 0.05) is 17.1 Å². The minimum atomic E-state index is -1.42. The number of carbonyl (C=O) groups is 2. The van der Waals surface area contributed by atoms with E-state index in [0.717, 1.165) is 16.7 Å². The van der Waals surface area contributed by atoms with Crippen molar-refractivity contribution in [2.75, 3.05) is 13.2 Å². The van der Waals surface area contributed by atoms with E-state index in [4.69, 9.17) is 16.3 Å². The normalized spacial score (nSPS) is 13.6. The molecule has 0 aliphatic carbocycles. The Labute approximate surface area is 202 Å². The Morgan fingerprint density at radius 2 is 1.91 bits per heavy atom. The zero-order chi connectivity index (χ0) is 24.7. The Morgan fingerprint density at radius 1 is 1.18 bits per heavy atom. The van der Waals surface area contributed by atoms with Gasteiger partial charge in [-0.2, -0.15) is 5.10 Å². The highest BCUT2D eigenvalue weighted by Gasteiger charge is 2.36. The number of aliphatic hydroxyl groups excluding tert-OH is 1. The van der Waals surface area contributed by atoms with Crippen molar-refractivity contribution in [2.45, 2.75) is 32.7 Å². The summed E-state index contributed by atoms with van der Waals surface area (Å²) in [6, 6.07) is 16.2. The molecule has 2 unspecified atom stereocenters. The lowest BCUT2D eigenvalue weighted by atomic mass is 9.82. The lowest BCUT2D eigenvalue weighted by Gasteiger charge is -2.28. The number of aliphatic carboxylic acids is 1. The first-order chi connectivity index (χ1) is 16.2. The van der Waals surface area contributed by atoms with Gasteiger partial charge in [0.15, 0.2) is 5.69 Å². The van der Waals surface area contributed by atoms with E-state index in [1.807, 2.05) is 55.5 Å². The number of ether oxygens (including phenoxy) is 1. The number of aromatic amines is 1. The second-order valence-electron chi connectivity index (χ2n) is 8.36. The van der Waals surface area contributed by atoms with E-state index in [1.165, 1.54) is 13.0 Å². The monoisotopic (exact) mass is 485 g/mol.